The number of hydrogen-bond donors (Lipinski definition) is 0. The number of amides is 1. The van der Waals surface area contributed by atoms with E-state index < -0.39 is 12.1 Å². The van der Waals surface area contributed by atoms with Gasteiger partial charge in [-0.2, -0.15) is 5.26 Å². The quantitative estimate of drug-likeness (QED) is 0.814. The minimum atomic E-state index is -0.877. The number of nitriles is 1. The zero-order chi connectivity index (χ0) is 16.8. The second-order valence-electron chi connectivity index (χ2n) is 4.92. The van der Waals surface area contributed by atoms with E-state index in [4.69, 9.17) is 10.00 Å². The fraction of sp³-hybridized carbons (Fsp3) is 0.167. The van der Waals surface area contributed by atoms with E-state index in [0.29, 0.717) is 5.69 Å². The summed E-state index contributed by atoms with van der Waals surface area (Å²) in [7, 11) is 1.64. The molecule has 1 amide bonds. The molecule has 0 aliphatic heterocycles. The summed E-state index contributed by atoms with van der Waals surface area (Å²) in [5, 5.41) is 8.74. The molecule has 2 aromatic rings. The molecule has 0 unspecified atom stereocenters. The molecule has 5 heteroatoms. The number of carbonyl (C=O) groups is 2. The Morgan fingerprint density at radius 3 is 2.22 bits per heavy atom. The maximum Gasteiger partial charge on any atom is 0.340 e. The molecule has 0 N–H and O–H groups in total. The Morgan fingerprint density at radius 1 is 1.04 bits per heavy atom. The molecule has 0 aliphatic carbocycles. The van der Waals surface area contributed by atoms with Gasteiger partial charge >= 0.3 is 5.97 Å². The molecule has 0 aromatic heterocycles. The predicted molar refractivity (Wildman–Crippen MR) is 86.1 cm³/mol. The van der Waals surface area contributed by atoms with Crippen LogP contribution in [0.3, 0.4) is 0 Å². The van der Waals surface area contributed by atoms with Gasteiger partial charge in [-0.1, -0.05) is 30.3 Å². The number of anilines is 1. The molecule has 0 radical (unpaired) electrons. The largest absolute Gasteiger partial charge is 0.444 e. The third-order valence-corrected chi connectivity index (χ3v) is 3.29. The van der Waals surface area contributed by atoms with Gasteiger partial charge in [0.2, 0.25) is 0 Å². The lowest BCUT2D eigenvalue weighted by Gasteiger charge is -2.19. The minimum absolute atomic E-state index is 0.141. The Morgan fingerprint density at radius 2 is 1.61 bits per heavy atom. The SMILES string of the molecule is C[C@@H](C#N)OC(=O)c1ccccc1C(=O)N(C)c1ccccc1. The number of esters is 1. The Labute approximate surface area is 134 Å². The summed E-state index contributed by atoms with van der Waals surface area (Å²) >= 11 is 0. The highest BCUT2D eigenvalue weighted by Crippen LogP contribution is 2.18. The molecule has 5 nitrogen and oxygen atoms in total. The fourth-order valence-corrected chi connectivity index (χ4v) is 2.05. The van der Waals surface area contributed by atoms with E-state index in [1.165, 1.54) is 17.9 Å². The number of nitrogens with zero attached hydrogens (tertiary/aromatic N) is 2. The molecule has 116 valence electrons. The van der Waals surface area contributed by atoms with E-state index in [9.17, 15) is 9.59 Å². The molecule has 2 rings (SSSR count). The predicted octanol–water partition coefficient (Wildman–Crippen LogP) is 3.03. The van der Waals surface area contributed by atoms with Gasteiger partial charge < -0.3 is 9.64 Å². The number of benzene rings is 2. The molecule has 2 aromatic carbocycles. The first-order valence-corrected chi connectivity index (χ1v) is 7.07. The summed E-state index contributed by atoms with van der Waals surface area (Å²) in [6, 6.07) is 17.3. The first-order chi connectivity index (χ1) is 11.0. The Kier molecular flexibility index (Phi) is 5.11. The maximum atomic E-state index is 12.7. The van der Waals surface area contributed by atoms with Gasteiger partial charge in [0.1, 0.15) is 6.07 Å². The Bertz CT molecular complexity index is 750. The van der Waals surface area contributed by atoms with Gasteiger partial charge in [-0.05, 0) is 31.2 Å². The number of rotatable bonds is 4. The van der Waals surface area contributed by atoms with E-state index in [0.717, 1.165) is 0 Å². The lowest BCUT2D eigenvalue weighted by atomic mass is 10.1. The van der Waals surface area contributed by atoms with E-state index in [-0.39, 0.29) is 17.0 Å². The number of para-hydroxylation sites is 1. The van der Waals surface area contributed by atoms with Gasteiger partial charge in [0.15, 0.2) is 6.10 Å². The van der Waals surface area contributed by atoms with E-state index in [1.54, 1.807) is 37.4 Å². The van der Waals surface area contributed by atoms with Crippen LogP contribution in [0.1, 0.15) is 27.6 Å². The summed E-state index contributed by atoms with van der Waals surface area (Å²) in [5.74, 6) is -1.02. The molecule has 0 bridgehead atoms. The van der Waals surface area contributed by atoms with Gasteiger partial charge in [-0.15, -0.1) is 0 Å². The van der Waals surface area contributed by atoms with Crippen LogP contribution in [0.5, 0.6) is 0 Å². The van der Waals surface area contributed by atoms with Gasteiger partial charge in [-0.25, -0.2) is 4.79 Å². The van der Waals surface area contributed by atoms with Gasteiger partial charge in [-0.3, -0.25) is 4.79 Å². The lowest BCUT2D eigenvalue weighted by Crippen LogP contribution is -2.28. The standard InChI is InChI=1S/C18H16N2O3/c1-13(12-19)23-18(22)16-11-7-6-10-15(16)17(21)20(2)14-8-4-3-5-9-14/h3-11,13H,1-2H3/t13-/m0/s1. The molecule has 0 aliphatic rings. The Balaban J connectivity index is 2.31. The van der Waals surface area contributed by atoms with Crippen molar-refractivity contribution in [1.82, 2.24) is 0 Å². The summed E-state index contributed by atoms with van der Waals surface area (Å²) in [4.78, 5) is 26.3. The van der Waals surface area contributed by atoms with Crippen LogP contribution >= 0.6 is 0 Å². The third-order valence-electron chi connectivity index (χ3n) is 3.29. The second-order valence-corrected chi connectivity index (χ2v) is 4.92. The normalized spacial score (nSPS) is 11.2. The van der Waals surface area contributed by atoms with Gasteiger partial charge in [0.25, 0.3) is 5.91 Å². The molecule has 0 fully saturated rings. The highest BCUT2D eigenvalue weighted by molar-refractivity contribution is 6.12. The molecular formula is C18H16N2O3. The van der Waals surface area contributed by atoms with E-state index in [1.807, 2.05) is 24.3 Å². The average Bonchev–Trinajstić information content (AvgIpc) is 2.61. The molecule has 1 atom stereocenters. The highest BCUT2D eigenvalue weighted by Gasteiger charge is 2.22. The van der Waals surface area contributed by atoms with Crippen molar-refractivity contribution in [2.24, 2.45) is 0 Å². The number of ether oxygens (including phenoxy) is 1. The van der Waals surface area contributed by atoms with Crippen molar-refractivity contribution < 1.29 is 14.3 Å². The zero-order valence-electron chi connectivity index (χ0n) is 12.9. The monoisotopic (exact) mass is 308 g/mol. The topological polar surface area (TPSA) is 70.4 Å². The van der Waals surface area contributed by atoms with Gasteiger partial charge in [0, 0.05) is 12.7 Å². The van der Waals surface area contributed by atoms with Gasteiger partial charge in [0.05, 0.1) is 11.1 Å². The second kappa shape index (κ2) is 7.23. The third kappa shape index (κ3) is 3.74. The van der Waals surface area contributed by atoms with E-state index in [2.05, 4.69) is 0 Å². The van der Waals surface area contributed by atoms with Crippen LogP contribution in [0.25, 0.3) is 0 Å². The number of carbonyl (C=O) groups excluding carboxylic acids is 2. The lowest BCUT2D eigenvalue weighted by molar-refractivity contribution is 0.0432. The number of hydrogen-bond acceptors (Lipinski definition) is 4. The van der Waals surface area contributed by atoms with Crippen molar-refractivity contribution in [2.45, 2.75) is 13.0 Å². The molecule has 23 heavy (non-hydrogen) atoms. The fourth-order valence-electron chi connectivity index (χ4n) is 2.05. The van der Waals surface area contributed by atoms with Crippen LogP contribution in [-0.4, -0.2) is 25.0 Å². The van der Waals surface area contributed by atoms with Crippen LogP contribution in [0, 0.1) is 11.3 Å². The minimum Gasteiger partial charge on any atom is -0.444 e. The van der Waals surface area contributed by atoms with Crippen molar-refractivity contribution in [3.8, 4) is 6.07 Å². The average molecular weight is 308 g/mol. The summed E-state index contributed by atoms with van der Waals surface area (Å²) < 4.78 is 4.99. The molecular weight excluding hydrogens is 292 g/mol. The zero-order valence-corrected chi connectivity index (χ0v) is 12.9. The summed E-state index contributed by atoms with van der Waals surface area (Å²) in [5.41, 5.74) is 1.09. The van der Waals surface area contributed by atoms with Crippen molar-refractivity contribution >= 4 is 17.6 Å². The van der Waals surface area contributed by atoms with Crippen LogP contribution in [0.4, 0.5) is 5.69 Å². The summed E-state index contributed by atoms with van der Waals surface area (Å²) in [6.07, 6.45) is -0.877. The molecule has 0 saturated carbocycles. The molecule has 0 heterocycles. The molecule has 0 saturated heterocycles. The summed E-state index contributed by atoms with van der Waals surface area (Å²) in [6.45, 7) is 1.47. The smallest absolute Gasteiger partial charge is 0.340 e. The van der Waals surface area contributed by atoms with Crippen LogP contribution in [0.2, 0.25) is 0 Å². The molecule has 0 spiro atoms. The Hall–Kier alpha value is -3.13. The first kappa shape index (κ1) is 16.2. The van der Waals surface area contributed by atoms with E-state index >= 15 is 0 Å². The highest BCUT2D eigenvalue weighted by atomic mass is 16.5. The van der Waals surface area contributed by atoms with Crippen LogP contribution < -0.4 is 4.90 Å². The van der Waals surface area contributed by atoms with Crippen molar-refractivity contribution in [3.05, 3.63) is 65.7 Å². The van der Waals surface area contributed by atoms with Crippen molar-refractivity contribution in [2.75, 3.05) is 11.9 Å². The van der Waals surface area contributed by atoms with Crippen LogP contribution in [-0.2, 0) is 4.74 Å². The van der Waals surface area contributed by atoms with Crippen molar-refractivity contribution in [1.29, 1.82) is 5.26 Å². The maximum absolute atomic E-state index is 12.7. The van der Waals surface area contributed by atoms with Crippen LogP contribution in [0.15, 0.2) is 54.6 Å². The first-order valence-electron chi connectivity index (χ1n) is 7.07. The van der Waals surface area contributed by atoms with Crippen molar-refractivity contribution in [3.63, 3.8) is 0 Å².